The van der Waals surface area contributed by atoms with Crippen LogP contribution in [-0.2, 0) is 14.4 Å². The monoisotopic (exact) mass is 250 g/mol. The van der Waals surface area contributed by atoms with Crippen molar-refractivity contribution in [2.24, 2.45) is 0 Å². The summed E-state index contributed by atoms with van der Waals surface area (Å²) in [5, 5.41) is 17.7. The van der Waals surface area contributed by atoms with E-state index in [1.165, 1.54) is 24.3 Å². The van der Waals surface area contributed by atoms with Crippen molar-refractivity contribution in [2.45, 2.75) is 13.8 Å². The number of rotatable bonds is 6. The van der Waals surface area contributed by atoms with Crippen molar-refractivity contribution in [3.8, 4) is 0 Å². The lowest BCUT2D eigenvalue weighted by Gasteiger charge is -2.01. The van der Waals surface area contributed by atoms with Crippen molar-refractivity contribution in [1.29, 1.82) is 0 Å². The highest BCUT2D eigenvalue weighted by Gasteiger charge is 2.24. The number of hydrogen-bond donors (Lipinski definition) is 2. The van der Waals surface area contributed by atoms with Crippen LogP contribution < -0.4 is 0 Å². The highest BCUT2D eigenvalue weighted by Crippen LogP contribution is 2.08. The van der Waals surface area contributed by atoms with Crippen LogP contribution in [0.5, 0.6) is 0 Å². The molecule has 96 valence electrons. The second-order valence-electron chi connectivity index (χ2n) is 3.15. The maximum Gasteiger partial charge on any atom is 0.339 e. The Hall–Kier alpha value is -2.43. The lowest BCUT2D eigenvalue weighted by Crippen LogP contribution is -2.19. The van der Waals surface area contributed by atoms with Gasteiger partial charge in [0.1, 0.15) is 11.1 Å². The van der Waals surface area contributed by atoms with Crippen LogP contribution in [0, 0.1) is 0 Å². The molecule has 0 amide bonds. The predicted octanol–water partition coefficient (Wildman–Crippen LogP) is 1.73. The van der Waals surface area contributed by atoms with E-state index in [9.17, 15) is 14.4 Å². The SMILES string of the molecule is C/C=C/C=C(/C(=O)O)C(=O)/C(=C\C=C\C)C(=O)O. The minimum absolute atomic E-state index is 0.591. The van der Waals surface area contributed by atoms with E-state index in [2.05, 4.69) is 0 Å². The van der Waals surface area contributed by atoms with E-state index < -0.39 is 28.9 Å². The third-order valence-corrected chi connectivity index (χ3v) is 1.86. The van der Waals surface area contributed by atoms with E-state index in [0.29, 0.717) is 0 Å². The van der Waals surface area contributed by atoms with Gasteiger partial charge in [0.25, 0.3) is 0 Å². The third-order valence-electron chi connectivity index (χ3n) is 1.86. The highest BCUT2D eigenvalue weighted by molar-refractivity contribution is 6.32. The van der Waals surface area contributed by atoms with E-state index in [0.717, 1.165) is 12.2 Å². The molecule has 0 fully saturated rings. The van der Waals surface area contributed by atoms with Gasteiger partial charge in [0.2, 0.25) is 5.78 Å². The number of carboxylic acids is 2. The van der Waals surface area contributed by atoms with Crippen LogP contribution >= 0.6 is 0 Å². The maximum absolute atomic E-state index is 11.8. The molecule has 0 unspecified atom stereocenters. The van der Waals surface area contributed by atoms with E-state index in [4.69, 9.17) is 10.2 Å². The van der Waals surface area contributed by atoms with Crippen LogP contribution in [0.3, 0.4) is 0 Å². The van der Waals surface area contributed by atoms with Crippen molar-refractivity contribution in [1.82, 2.24) is 0 Å². The topological polar surface area (TPSA) is 91.7 Å². The van der Waals surface area contributed by atoms with Gasteiger partial charge in [-0.2, -0.15) is 0 Å². The number of hydrogen-bond acceptors (Lipinski definition) is 3. The minimum atomic E-state index is -1.47. The van der Waals surface area contributed by atoms with Gasteiger partial charge in [0, 0.05) is 0 Å². The Morgan fingerprint density at radius 1 is 0.778 bits per heavy atom. The first-order chi connectivity index (χ1) is 8.45. The average molecular weight is 250 g/mol. The molecule has 0 atom stereocenters. The Balaban J connectivity index is 5.54. The number of carboxylic acid groups (broad SMARTS) is 2. The van der Waals surface area contributed by atoms with E-state index in [1.54, 1.807) is 13.8 Å². The van der Waals surface area contributed by atoms with Crippen molar-refractivity contribution in [3.63, 3.8) is 0 Å². The van der Waals surface area contributed by atoms with Gasteiger partial charge in [-0.15, -0.1) is 0 Å². The fourth-order valence-corrected chi connectivity index (χ4v) is 1.02. The number of carbonyl (C=O) groups excluding carboxylic acids is 1. The Bertz CT molecular complexity index is 422. The van der Waals surface area contributed by atoms with Gasteiger partial charge in [0.05, 0.1) is 0 Å². The number of ketones is 1. The predicted molar refractivity (Wildman–Crippen MR) is 66.1 cm³/mol. The van der Waals surface area contributed by atoms with Crippen LogP contribution in [0.25, 0.3) is 0 Å². The Labute approximate surface area is 104 Å². The minimum Gasteiger partial charge on any atom is -0.478 e. The standard InChI is InChI=1S/C13H14O5/c1-3-5-7-9(12(15)16)11(14)10(13(17)18)8-6-4-2/h3-8H,1-2H3,(H,15,16)(H,17,18)/b5-3+,6-4+,9-7+,10-8+. The summed E-state index contributed by atoms with van der Waals surface area (Å²) in [6.07, 6.45) is 7.92. The molecule has 0 aromatic heterocycles. The molecule has 0 aliphatic carbocycles. The van der Waals surface area contributed by atoms with Gasteiger partial charge in [-0.1, -0.05) is 24.3 Å². The molecule has 0 radical (unpaired) electrons. The third kappa shape index (κ3) is 4.61. The number of aliphatic carboxylic acids is 2. The van der Waals surface area contributed by atoms with Gasteiger partial charge in [0.15, 0.2) is 0 Å². The van der Waals surface area contributed by atoms with Gasteiger partial charge < -0.3 is 10.2 Å². The quantitative estimate of drug-likeness (QED) is 0.324. The highest BCUT2D eigenvalue weighted by atomic mass is 16.4. The lowest BCUT2D eigenvalue weighted by molar-refractivity contribution is -0.135. The number of Topliss-reactive ketones (excluding diaryl/α,β-unsaturated/α-hetero) is 1. The summed E-state index contributed by atoms with van der Waals surface area (Å²) in [5.41, 5.74) is -1.18. The van der Waals surface area contributed by atoms with Crippen LogP contribution in [0.4, 0.5) is 0 Å². The molecular formula is C13H14O5. The first-order valence-corrected chi connectivity index (χ1v) is 5.12. The van der Waals surface area contributed by atoms with Gasteiger partial charge in [-0.3, -0.25) is 4.79 Å². The zero-order valence-corrected chi connectivity index (χ0v) is 10.1. The first-order valence-electron chi connectivity index (χ1n) is 5.12. The summed E-state index contributed by atoms with van der Waals surface area (Å²) >= 11 is 0. The largest absolute Gasteiger partial charge is 0.478 e. The second-order valence-corrected chi connectivity index (χ2v) is 3.15. The second kappa shape index (κ2) is 7.78. The summed E-state index contributed by atoms with van der Waals surface area (Å²) in [7, 11) is 0. The maximum atomic E-state index is 11.8. The van der Waals surface area contributed by atoms with E-state index in [1.807, 2.05) is 0 Å². The molecule has 0 aromatic rings. The molecule has 18 heavy (non-hydrogen) atoms. The molecule has 0 heterocycles. The summed E-state index contributed by atoms with van der Waals surface area (Å²) in [6.45, 7) is 3.29. The van der Waals surface area contributed by atoms with Crippen LogP contribution in [0.2, 0.25) is 0 Å². The molecule has 0 bridgehead atoms. The molecule has 0 saturated carbocycles. The molecule has 5 heteroatoms. The summed E-state index contributed by atoms with van der Waals surface area (Å²) in [6, 6.07) is 0. The zero-order chi connectivity index (χ0) is 14.1. The van der Waals surface area contributed by atoms with Crippen molar-refractivity contribution in [2.75, 3.05) is 0 Å². The molecule has 0 aromatic carbocycles. The Kier molecular flexibility index (Phi) is 6.73. The van der Waals surface area contributed by atoms with Crippen LogP contribution in [0.15, 0.2) is 47.6 Å². The first kappa shape index (κ1) is 15.6. The average Bonchev–Trinajstić information content (AvgIpc) is 2.29. The fraction of sp³-hybridized carbons (Fsp3) is 0.154. The molecule has 2 N–H and O–H groups in total. The Morgan fingerprint density at radius 2 is 1.11 bits per heavy atom. The molecule has 0 spiro atoms. The van der Waals surface area contributed by atoms with E-state index >= 15 is 0 Å². The zero-order valence-electron chi connectivity index (χ0n) is 10.1. The van der Waals surface area contributed by atoms with E-state index in [-0.39, 0.29) is 0 Å². The molecular weight excluding hydrogens is 236 g/mol. The smallest absolute Gasteiger partial charge is 0.339 e. The molecule has 5 nitrogen and oxygen atoms in total. The summed E-state index contributed by atoms with van der Waals surface area (Å²) in [5.74, 6) is -3.97. The van der Waals surface area contributed by atoms with Crippen molar-refractivity contribution < 1.29 is 24.6 Å². The van der Waals surface area contributed by atoms with Gasteiger partial charge in [-0.05, 0) is 26.0 Å². The van der Waals surface area contributed by atoms with Crippen molar-refractivity contribution in [3.05, 3.63) is 47.6 Å². The number of allylic oxidation sites excluding steroid dienone is 6. The Morgan fingerprint density at radius 3 is 1.33 bits per heavy atom. The fourth-order valence-electron chi connectivity index (χ4n) is 1.02. The molecule has 0 saturated heterocycles. The molecule has 0 aliphatic rings. The summed E-state index contributed by atoms with van der Waals surface area (Å²) in [4.78, 5) is 33.5. The molecule has 0 aliphatic heterocycles. The lowest BCUT2D eigenvalue weighted by atomic mass is 10.0. The molecule has 0 rings (SSSR count). The van der Waals surface area contributed by atoms with Crippen LogP contribution in [0.1, 0.15) is 13.8 Å². The van der Waals surface area contributed by atoms with Gasteiger partial charge >= 0.3 is 11.9 Å². The van der Waals surface area contributed by atoms with Gasteiger partial charge in [-0.25, -0.2) is 9.59 Å². The summed E-state index contributed by atoms with van der Waals surface area (Å²) < 4.78 is 0. The van der Waals surface area contributed by atoms with Crippen LogP contribution in [-0.4, -0.2) is 27.9 Å². The van der Waals surface area contributed by atoms with Crippen molar-refractivity contribution >= 4 is 17.7 Å². The number of carbonyl (C=O) groups is 3. The normalized spacial score (nSPS) is 13.2.